The standard InChI is InChI=1S/C6H15NO5.2C6H12O6.C5H10O5/c3*7-1-3(9)5(11)6(12)4(10)2-8;6-1-3(8)5(10)4(9)2-7/h3-6,8-12H,1-2,7H2;2*1,3-6,8-12H,2H2;1,3-5,7-10H,2H2. The van der Waals surface area contributed by atoms with Crippen LogP contribution in [0, 0.1) is 0 Å². The first-order valence-electron chi connectivity index (χ1n) is 13.0. The second-order valence-electron chi connectivity index (χ2n) is 9.12. The summed E-state index contributed by atoms with van der Waals surface area (Å²) in [5, 5.41) is 165. The molecule has 23 heteroatoms. The first kappa shape index (κ1) is 51.1. The molecule has 15 atom stereocenters. The van der Waals surface area contributed by atoms with Crippen LogP contribution in [0.15, 0.2) is 0 Å². The Morgan fingerprint density at radius 1 is 0.348 bits per heavy atom. The monoisotopic (exact) mass is 691 g/mol. The largest absolute Gasteiger partial charge is 0.394 e. The Balaban J connectivity index is -0.000000256. The van der Waals surface area contributed by atoms with Crippen LogP contribution in [-0.4, -0.2) is 240 Å². The first-order chi connectivity index (χ1) is 21.2. The molecule has 0 aromatic rings. The molecule has 21 N–H and O–H groups in total. The zero-order valence-corrected chi connectivity index (χ0v) is 24.2. The van der Waals surface area contributed by atoms with Crippen molar-refractivity contribution in [1.29, 1.82) is 0 Å². The van der Waals surface area contributed by atoms with Crippen LogP contribution in [0.1, 0.15) is 0 Å². The minimum Gasteiger partial charge on any atom is -0.394 e. The molecule has 0 aliphatic rings. The molecule has 0 amide bonds. The van der Waals surface area contributed by atoms with Crippen LogP contribution < -0.4 is 5.73 Å². The Bertz CT molecular complexity index is 694. The van der Waals surface area contributed by atoms with E-state index in [-0.39, 0.29) is 25.4 Å². The fourth-order valence-corrected chi connectivity index (χ4v) is 2.35. The van der Waals surface area contributed by atoms with Crippen molar-refractivity contribution in [2.24, 2.45) is 5.73 Å². The van der Waals surface area contributed by atoms with Crippen LogP contribution in [0.3, 0.4) is 0 Å². The van der Waals surface area contributed by atoms with Crippen LogP contribution in [0.25, 0.3) is 0 Å². The van der Waals surface area contributed by atoms with E-state index in [1.165, 1.54) is 0 Å². The molecule has 0 heterocycles. The lowest BCUT2D eigenvalue weighted by Crippen LogP contribution is -2.48. The molecule has 0 bridgehead atoms. The molecule has 0 spiro atoms. The molecule has 0 radical (unpaired) electrons. The van der Waals surface area contributed by atoms with E-state index in [1.807, 2.05) is 0 Å². The molecule has 46 heavy (non-hydrogen) atoms. The van der Waals surface area contributed by atoms with Gasteiger partial charge in [-0.2, -0.15) is 0 Å². The molecule has 0 aliphatic carbocycles. The Hall–Kier alpha value is -1.79. The summed E-state index contributed by atoms with van der Waals surface area (Å²) in [7, 11) is 0. The molecule has 0 aromatic carbocycles. The van der Waals surface area contributed by atoms with E-state index < -0.39 is 118 Å². The van der Waals surface area contributed by atoms with E-state index in [0.29, 0.717) is 0 Å². The maximum Gasteiger partial charge on any atom is 0.151 e. The summed E-state index contributed by atoms with van der Waals surface area (Å²) in [6.45, 7) is -3.12. The number of rotatable bonds is 19. The molecule has 0 rings (SSSR count). The Labute approximate surface area is 261 Å². The molecule has 23 nitrogen and oxygen atoms in total. The van der Waals surface area contributed by atoms with Crippen LogP contribution in [0.4, 0.5) is 0 Å². The molecule has 278 valence electrons. The van der Waals surface area contributed by atoms with Crippen molar-refractivity contribution in [2.75, 3.05) is 33.0 Å². The van der Waals surface area contributed by atoms with E-state index in [0.717, 1.165) is 0 Å². The second kappa shape index (κ2) is 29.4. The molecule has 0 fully saturated rings. The lowest BCUT2D eigenvalue weighted by Gasteiger charge is -2.24. The van der Waals surface area contributed by atoms with Gasteiger partial charge in [0.1, 0.15) is 85.5 Å². The summed E-state index contributed by atoms with van der Waals surface area (Å²) in [5.74, 6) is 0. The number of carbonyl (C=O) groups is 3. The first-order valence-corrected chi connectivity index (χ1v) is 13.0. The third-order valence-corrected chi connectivity index (χ3v) is 5.48. The summed E-state index contributed by atoms with van der Waals surface area (Å²) in [5.41, 5.74) is 4.99. The van der Waals surface area contributed by atoms with Gasteiger partial charge in [-0.15, -0.1) is 0 Å². The maximum absolute atomic E-state index is 9.90. The zero-order chi connectivity index (χ0) is 37.3. The van der Waals surface area contributed by atoms with Crippen molar-refractivity contribution < 1.29 is 111 Å². The highest BCUT2D eigenvalue weighted by atomic mass is 16.4. The van der Waals surface area contributed by atoms with Gasteiger partial charge in [-0.05, 0) is 0 Å². The fraction of sp³-hybridized carbons (Fsp3) is 0.870. The third kappa shape index (κ3) is 21.2. The normalized spacial score (nSPS) is 20.9. The predicted octanol–water partition coefficient (Wildman–Crippen LogP) is -13.1. The van der Waals surface area contributed by atoms with E-state index in [4.69, 9.17) is 103 Å². The van der Waals surface area contributed by atoms with Gasteiger partial charge in [-0.1, -0.05) is 0 Å². The van der Waals surface area contributed by atoms with Crippen LogP contribution in [-0.2, 0) is 14.4 Å². The Morgan fingerprint density at radius 3 is 0.761 bits per heavy atom. The van der Waals surface area contributed by atoms with Crippen LogP contribution in [0.5, 0.6) is 0 Å². The van der Waals surface area contributed by atoms with E-state index in [9.17, 15) is 14.4 Å². The van der Waals surface area contributed by atoms with Gasteiger partial charge in [-0.25, -0.2) is 0 Å². The van der Waals surface area contributed by atoms with Gasteiger partial charge in [0.25, 0.3) is 0 Å². The molecule has 0 aliphatic heterocycles. The zero-order valence-electron chi connectivity index (χ0n) is 24.2. The highest BCUT2D eigenvalue weighted by Gasteiger charge is 2.31. The third-order valence-electron chi connectivity index (χ3n) is 5.48. The van der Waals surface area contributed by atoms with E-state index in [1.54, 1.807) is 0 Å². The van der Waals surface area contributed by atoms with E-state index >= 15 is 0 Å². The Morgan fingerprint density at radius 2 is 0.543 bits per heavy atom. The van der Waals surface area contributed by atoms with Gasteiger partial charge >= 0.3 is 0 Å². The van der Waals surface area contributed by atoms with Crippen molar-refractivity contribution in [2.45, 2.75) is 91.6 Å². The topological polar surface area (TPSA) is 462 Å². The smallest absolute Gasteiger partial charge is 0.151 e. The summed E-state index contributed by atoms with van der Waals surface area (Å²) < 4.78 is 0. The number of aldehydes is 3. The Kier molecular flexibility index (Phi) is 32.6. The molecule has 0 aromatic heterocycles. The van der Waals surface area contributed by atoms with Crippen molar-refractivity contribution in [3.05, 3.63) is 0 Å². The summed E-state index contributed by atoms with van der Waals surface area (Å²) in [6.07, 6.45) is -24.2. The fourth-order valence-electron chi connectivity index (χ4n) is 2.35. The summed E-state index contributed by atoms with van der Waals surface area (Å²) >= 11 is 0. The number of hydrogen-bond donors (Lipinski definition) is 20. The molecule has 0 saturated heterocycles. The average Bonchev–Trinajstić information content (AvgIpc) is 3.09. The predicted molar refractivity (Wildman–Crippen MR) is 146 cm³/mol. The SMILES string of the molecule is NCC(O)C(O)C(O)C(O)CO.O=CC(O)C(O)C(O)C(O)CO.O=CC(O)C(O)C(O)C(O)CO.O=CC(O)C(O)C(O)CO. The van der Waals surface area contributed by atoms with Crippen molar-refractivity contribution in [1.82, 2.24) is 0 Å². The molecule has 15 unspecified atom stereocenters. The van der Waals surface area contributed by atoms with Gasteiger partial charge in [0.15, 0.2) is 18.9 Å². The summed E-state index contributed by atoms with van der Waals surface area (Å²) in [4.78, 5) is 29.6. The van der Waals surface area contributed by atoms with Gasteiger partial charge < -0.3 is 117 Å². The van der Waals surface area contributed by atoms with Gasteiger partial charge in [0.2, 0.25) is 0 Å². The molecular weight excluding hydrogens is 642 g/mol. The highest BCUT2D eigenvalue weighted by molar-refractivity contribution is 5.57. The average molecular weight is 692 g/mol. The minimum atomic E-state index is -1.79. The number of aliphatic hydroxyl groups excluding tert-OH is 19. The quantitative estimate of drug-likeness (QED) is 0.0559. The van der Waals surface area contributed by atoms with Gasteiger partial charge in [0.05, 0.1) is 32.5 Å². The number of carbonyl (C=O) groups excluding carboxylic acids is 3. The highest BCUT2D eigenvalue weighted by Crippen LogP contribution is 2.05. The number of aliphatic hydroxyl groups is 19. The number of nitrogens with two attached hydrogens (primary N) is 1. The van der Waals surface area contributed by atoms with Crippen LogP contribution >= 0.6 is 0 Å². The minimum absolute atomic E-state index is 0.0258. The van der Waals surface area contributed by atoms with Crippen molar-refractivity contribution in [3.63, 3.8) is 0 Å². The lowest BCUT2D eigenvalue weighted by atomic mass is 10.0. The lowest BCUT2D eigenvalue weighted by molar-refractivity contribution is -0.136. The molecule has 0 saturated carbocycles. The number of hydrogen-bond acceptors (Lipinski definition) is 23. The second-order valence-corrected chi connectivity index (χ2v) is 9.12. The van der Waals surface area contributed by atoms with Crippen LogP contribution in [0.2, 0.25) is 0 Å². The van der Waals surface area contributed by atoms with Crippen molar-refractivity contribution >= 4 is 18.9 Å². The van der Waals surface area contributed by atoms with E-state index in [2.05, 4.69) is 0 Å². The summed E-state index contributed by atoms with van der Waals surface area (Å²) in [6, 6.07) is 0. The van der Waals surface area contributed by atoms with Crippen molar-refractivity contribution in [3.8, 4) is 0 Å². The molecular formula is C23H49NO22. The van der Waals surface area contributed by atoms with Gasteiger partial charge in [-0.3, -0.25) is 0 Å². The van der Waals surface area contributed by atoms with Gasteiger partial charge in [0, 0.05) is 6.54 Å². The maximum atomic E-state index is 9.90.